The van der Waals surface area contributed by atoms with E-state index in [2.05, 4.69) is 16.0 Å². The largest absolute Gasteiger partial charge is 0.375 e. The Hall–Kier alpha value is -2.65. The standard InChI is InChI=1S/C20H31N5O4/c1-4-15(2)21-18(26)13-24-8-10-25(11-9-24)20(28)23-17-7-5-6-16(12-17)22-19(27)14-29-3/h5-7,12,15H,4,8-11,13-14H2,1-3H3,(H,21,26)(H,22,27)(H,23,28). The van der Waals surface area contributed by atoms with E-state index in [1.165, 1.54) is 7.11 Å². The van der Waals surface area contributed by atoms with E-state index in [0.29, 0.717) is 44.1 Å². The van der Waals surface area contributed by atoms with Crippen molar-refractivity contribution in [2.75, 3.05) is 57.1 Å². The molecule has 1 aromatic rings. The van der Waals surface area contributed by atoms with Gasteiger partial charge in [0.15, 0.2) is 0 Å². The summed E-state index contributed by atoms with van der Waals surface area (Å²) in [5.41, 5.74) is 1.18. The first-order chi connectivity index (χ1) is 13.9. The Morgan fingerprint density at radius 1 is 1.07 bits per heavy atom. The number of carbonyl (C=O) groups is 3. The van der Waals surface area contributed by atoms with Crippen LogP contribution in [-0.2, 0) is 14.3 Å². The van der Waals surface area contributed by atoms with Gasteiger partial charge in [-0.05, 0) is 31.5 Å². The van der Waals surface area contributed by atoms with E-state index in [0.717, 1.165) is 6.42 Å². The van der Waals surface area contributed by atoms with Gasteiger partial charge in [0.2, 0.25) is 11.8 Å². The van der Waals surface area contributed by atoms with Gasteiger partial charge >= 0.3 is 6.03 Å². The van der Waals surface area contributed by atoms with Crippen molar-refractivity contribution < 1.29 is 19.1 Å². The molecule has 0 bridgehead atoms. The predicted molar refractivity (Wildman–Crippen MR) is 112 cm³/mol. The number of nitrogens with one attached hydrogen (secondary N) is 3. The Kier molecular flexibility index (Phi) is 8.88. The van der Waals surface area contributed by atoms with Crippen LogP contribution in [-0.4, -0.2) is 80.1 Å². The molecule has 4 amide bonds. The lowest BCUT2D eigenvalue weighted by Crippen LogP contribution is -2.52. The average molecular weight is 405 g/mol. The van der Waals surface area contributed by atoms with Crippen molar-refractivity contribution in [1.82, 2.24) is 15.1 Å². The molecule has 1 unspecified atom stereocenters. The Morgan fingerprint density at radius 3 is 2.34 bits per heavy atom. The number of ether oxygens (including phenoxy) is 1. The normalized spacial score (nSPS) is 15.5. The molecule has 0 saturated carbocycles. The lowest BCUT2D eigenvalue weighted by Gasteiger charge is -2.34. The van der Waals surface area contributed by atoms with Crippen LogP contribution in [0.1, 0.15) is 20.3 Å². The third-order valence-corrected chi connectivity index (χ3v) is 4.72. The number of nitrogens with zero attached hydrogens (tertiary/aromatic N) is 2. The van der Waals surface area contributed by atoms with E-state index >= 15 is 0 Å². The third kappa shape index (κ3) is 7.71. The maximum Gasteiger partial charge on any atom is 0.321 e. The Balaban J connectivity index is 1.79. The van der Waals surface area contributed by atoms with Gasteiger partial charge in [-0.1, -0.05) is 13.0 Å². The molecule has 1 aromatic carbocycles. The summed E-state index contributed by atoms with van der Waals surface area (Å²) in [6.07, 6.45) is 0.900. The van der Waals surface area contributed by atoms with Crippen LogP contribution in [0.25, 0.3) is 0 Å². The molecule has 1 heterocycles. The monoisotopic (exact) mass is 405 g/mol. The van der Waals surface area contributed by atoms with Gasteiger partial charge in [-0.25, -0.2) is 4.79 Å². The second-order valence-electron chi connectivity index (χ2n) is 7.13. The molecule has 1 saturated heterocycles. The first-order valence-electron chi connectivity index (χ1n) is 9.87. The predicted octanol–water partition coefficient (Wildman–Crippen LogP) is 1.34. The first kappa shape index (κ1) is 22.6. The molecule has 1 aliphatic heterocycles. The van der Waals surface area contributed by atoms with Gasteiger partial charge in [-0.15, -0.1) is 0 Å². The number of rotatable bonds is 8. The smallest absolute Gasteiger partial charge is 0.321 e. The number of amides is 4. The van der Waals surface area contributed by atoms with Gasteiger partial charge in [0.25, 0.3) is 0 Å². The first-order valence-corrected chi connectivity index (χ1v) is 9.87. The van der Waals surface area contributed by atoms with Crippen LogP contribution in [0.4, 0.5) is 16.2 Å². The molecule has 0 aromatic heterocycles. The number of hydrogen-bond acceptors (Lipinski definition) is 5. The molecule has 0 aliphatic carbocycles. The molecule has 160 valence electrons. The van der Waals surface area contributed by atoms with Crippen molar-refractivity contribution in [2.45, 2.75) is 26.3 Å². The number of carbonyl (C=O) groups excluding carboxylic acids is 3. The fraction of sp³-hybridized carbons (Fsp3) is 0.550. The molecule has 1 atom stereocenters. The van der Waals surface area contributed by atoms with Crippen LogP contribution < -0.4 is 16.0 Å². The summed E-state index contributed by atoms with van der Waals surface area (Å²) in [6.45, 7) is 6.73. The van der Waals surface area contributed by atoms with E-state index in [1.807, 2.05) is 18.7 Å². The van der Waals surface area contributed by atoms with Gasteiger partial charge in [0, 0.05) is 50.7 Å². The van der Waals surface area contributed by atoms with Crippen LogP contribution >= 0.6 is 0 Å². The number of anilines is 2. The minimum atomic E-state index is -0.260. The molecule has 9 heteroatoms. The second-order valence-corrected chi connectivity index (χ2v) is 7.13. The molecular weight excluding hydrogens is 374 g/mol. The Labute approximate surface area is 171 Å². The van der Waals surface area contributed by atoms with Crippen molar-refractivity contribution >= 4 is 29.2 Å². The molecule has 29 heavy (non-hydrogen) atoms. The zero-order valence-electron chi connectivity index (χ0n) is 17.4. The molecular formula is C20H31N5O4. The van der Waals surface area contributed by atoms with Crippen molar-refractivity contribution in [3.63, 3.8) is 0 Å². The van der Waals surface area contributed by atoms with Crippen LogP contribution in [0.2, 0.25) is 0 Å². The fourth-order valence-corrected chi connectivity index (χ4v) is 2.94. The number of piperazine rings is 1. The number of methoxy groups -OCH3 is 1. The lowest BCUT2D eigenvalue weighted by molar-refractivity contribution is -0.123. The van der Waals surface area contributed by atoms with Crippen molar-refractivity contribution in [2.24, 2.45) is 0 Å². The highest BCUT2D eigenvalue weighted by Gasteiger charge is 2.22. The topological polar surface area (TPSA) is 103 Å². The Morgan fingerprint density at radius 2 is 1.72 bits per heavy atom. The summed E-state index contributed by atoms with van der Waals surface area (Å²) in [7, 11) is 1.45. The molecule has 0 radical (unpaired) electrons. The number of benzene rings is 1. The highest BCUT2D eigenvalue weighted by atomic mass is 16.5. The summed E-state index contributed by atoms with van der Waals surface area (Å²) >= 11 is 0. The average Bonchev–Trinajstić information content (AvgIpc) is 2.68. The van der Waals surface area contributed by atoms with Gasteiger partial charge in [0.05, 0.1) is 6.54 Å². The van der Waals surface area contributed by atoms with Gasteiger partial charge in [0.1, 0.15) is 6.61 Å². The zero-order valence-corrected chi connectivity index (χ0v) is 17.4. The molecule has 0 spiro atoms. The van der Waals surface area contributed by atoms with Crippen LogP contribution in [0.15, 0.2) is 24.3 Å². The quantitative estimate of drug-likeness (QED) is 0.606. The van der Waals surface area contributed by atoms with E-state index in [-0.39, 0.29) is 30.5 Å². The van der Waals surface area contributed by atoms with Gasteiger partial charge < -0.3 is 25.6 Å². The number of hydrogen-bond donors (Lipinski definition) is 3. The molecule has 3 N–H and O–H groups in total. The summed E-state index contributed by atoms with van der Waals surface area (Å²) < 4.78 is 4.79. The second kappa shape index (κ2) is 11.4. The minimum absolute atomic E-state index is 0.0181. The molecule has 2 rings (SSSR count). The molecule has 9 nitrogen and oxygen atoms in total. The SMILES string of the molecule is CCC(C)NC(=O)CN1CCN(C(=O)Nc2cccc(NC(=O)COC)c2)CC1. The lowest BCUT2D eigenvalue weighted by atomic mass is 10.2. The van der Waals surface area contributed by atoms with Crippen molar-refractivity contribution in [3.05, 3.63) is 24.3 Å². The van der Waals surface area contributed by atoms with Crippen LogP contribution in [0.3, 0.4) is 0 Å². The summed E-state index contributed by atoms with van der Waals surface area (Å²) in [6, 6.07) is 6.93. The third-order valence-electron chi connectivity index (χ3n) is 4.72. The minimum Gasteiger partial charge on any atom is -0.375 e. The fourth-order valence-electron chi connectivity index (χ4n) is 2.94. The van der Waals surface area contributed by atoms with Crippen molar-refractivity contribution in [3.8, 4) is 0 Å². The number of urea groups is 1. The van der Waals surface area contributed by atoms with E-state index in [4.69, 9.17) is 4.74 Å². The summed E-state index contributed by atoms with van der Waals surface area (Å²) in [5.74, 6) is -0.242. The summed E-state index contributed by atoms with van der Waals surface area (Å²) in [5, 5.41) is 8.52. The van der Waals surface area contributed by atoms with Crippen LogP contribution in [0.5, 0.6) is 0 Å². The molecule has 1 aliphatic rings. The summed E-state index contributed by atoms with van der Waals surface area (Å²) in [4.78, 5) is 39.9. The highest BCUT2D eigenvalue weighted by molar-refractivity contribution is 5.94. The van der Waals surface area contributed by atoms with Gasteiger partial charge in [-0.3, -0.25) is 14.5 Å². The Bertz CT molecular complexity index is 704. The van der Waals surface area contributed by atoms with E-state index in [1.54, 1.807) is 29.2 Å². The highest BCUT2D eigenvalue weighted by Crippen LogP contribution is 2.16. The maximum absolute atomic E-state index is 12.5. The van der Waals surface area contributed by atoms with E-state index in [9.17, 15) is 14.4 Å². The van der Waals surface area contributed by atoms with Crippen LogP contribution in [0, 0.1) is 0 Å². The van der Waals surface area contributed by atoms with E-state index < -0.39 is 0 Å². The van der Waals surface area contributed by atoms with Crippen molar-refractivity contribution in [1.29, 1.82) is 0 Å². The molecule has 1 fully saturated rings. The zero-order chi connectivity index (χ0) is 21.2. The van der Waals surface area contributed by atoms with Gasteiger partial charge in [-0.2, -0.15) is 0 Å². The maximum atomic E-state index is 12.5.